The Labute approximate surface area is 181 Å². The number of H-pyrrole nitrogens is 1. The highest BCUT2D eigenvalue weighted by Gasteiger charge is 2.28. The van der Waals surface area contributed by atoms with Gasteiger partial charge >= 0.3 is 5.97 Å². The summed E-state index contributed by atoms with van der Waals surface area (Å²) in [4.78, 5) is 31.6. The van der Waals surface area contributed by atoms with Gasteiger partial charge in [0.15, 0.2) is 5.69 Å². The number of aromatic amines is 1. The summed E-state index contributed by atoms with van der Waals surface area (Å²) in [5, 5.41) is 5.03. The molecule has 0 saturated heterocycles. The third-order valence-corrected chi connectivity index (χ3v) is 5.62. The molecule has 0 amide bonds. The number of halogens is 1. The average molecular weight is 433 g/mol. The number of carbonyl (C=O) groups excluding carboxylic acids is 1. The van der Waals surface area contributed by atoms with Crippen molar-refractivity contribution in [3.05, 3.63) is 80.6 Å². The van der Waals surface area contributed by atoms with E-state index < -0.39 is 11.8 Å². The van der Waals surface area contributed by atoms with Crippen LogP contribution in [0.5, 0.6) is 0 Å². The topological polar surface area (TPSA) is 116 Å². The predicted molar refractivity (Wildman–Crippen MR) is 116 cm³/mol. The molecule has 8 nitrogen and oxygen atoms in total. The molecule has 0 unspecified atom stereocenters. The van der Waals surface area contributed by atoms with Crippen molar-refractivity contribution in [2.24, 2.45) is 0 Å². The summed E-state index contributed by atoms with van der Waals surface area (Å²) in [6.07, 6.45) is 2.23. The number of rotatable bonds is 4. The first-order chi connectivity index (χ1) is 15.4. The first kappa shape index (κ1) is 19.9. The SMILES string of the molecule is Cc1ccc(-n2nc(C(=O)OCc3cc(=O)[nH]c4nc(N)ccc34)c3c2CCC3)c(F)c1. The second-order valence-corrected chi connectivity index (χ2v) is 7.86. The number of anilines is 1. The molecule has 32 heavy (non-hydrogen) atoms. The van der Waals surface area contributed by atoms with Crippen LogP contribution in [0.25, 0.3) is 16.7 Å². The van der Waals surface area contributed by atoms with E-state index in [0.29, 0.717) is 35.1 Å². The van der Waals surface area contributed by atoms with E-state index in [9.17, 15) is 14.0 Å². The zero-order valence-corrected chi connectivity index (χ0v) is 17.3. The van der Waals surface area contributed by atoms with Gasteiger partial charge in [0.25, 0.3) is 0 Å². The minimum absolute atomic E-state index is 0.134. The maximum atomic E-state index is 14.6. The number of carbonyl (C=O) groups is 1. The van der Waals surface area contributed by atoms with E-state index in [1.54, 1.807) is 24.3 Å². The van der Waals surface area contributed by atoms with Crippen LogP contribution in [0.15, 0.2) is 41.2 Å². The molecule has 1 aliphatic carbocycles. The highest BCUT2D eigenvalue weighted by molar-refractivity contribution is 5.90. The lowest BCUT2D eigenvalue weighted by Gasteiger charge is -2.08. The molecule has 1 aromatic carbocycles. The number of nitrogens with one attached hydrogen (secondary N) is 1. The molecular formula is C23H20FN5O3. The maximum absolute atomic E-state index is 14.6. The van der Waals surface area contributed by atoms with Gasteiger partial charge in [0.2, 0.25) is 5.56 Å². The first-order valence-corrected chi connectivity index (χ1v) is 10.2. The molecule has 9 heteroatoms. The van der Waals surface area contributed by atoms with Gasteiger partial charge < -0.3 is 15.5 Å². The van der Waals surface area contributed by atoms with Crippen molar-refractivity contribution in [3.63, 3.8) is 0 Å². The number of aromatic nitrogens is 4. The Bertz CT molecular complexity index is 1440. The molecule has 0 aliphatic heterocycles. The van der Waals surface area contributed by atoms with Crippen LogP contribution in [0.1, 0.15) is 39.3 Å². The van der Waals surface area contributed by atoms with Gasteiger partial charge in [-0.1, -0.05) is 6.07 Å². The summed E-state index contributed by atoms with van der Waals surface area (Å²) in [7, 11) is 0. The normalized spacial score (nSPS) is 12.8. The average Bonchev–Trinajstić information content (AvgIpc) is 3.34. The molecule has 3 N–H and O–H groups in total. The molecule has 0 fully saturated rings. The number of hydrogen-bond donors (Lipinski definition) is 2. The van der Waals surface area contributed by atoms with Crippen LogP contribution in [0.3, 0.4) is 0 Å². The lowest BCUT2D eigenvalue weighted by molar-refractivity contribution is 0.0465. The Kier molecular flexibility index (Phi) is 4.73. The highest BCUT2D eigenvalue weighted by atomic mass is 19.1. The van der Waals surface area contributed by atoms with E-state index in [-0.39, 0.29) is 23.7 Å². The Balaban J connectivity index is 1.46. The molecule has 162 valence electrons. The van der Waals surface area contributed by atoms with Gasteiger partial charge in [0, 0.05) is 28.3 Å². The third kappa shape index (κ3) is 3.41. The van der Waals surface area contributed by atoms with Crippen LogP contribution in [0.4, 0.5) is 10.2 Å². The first-order valence-electron chi connectivity index (χ1n) is 10.2. The minimum atomic E-state index is -0.619. The molecule has 3 heterocycles. The number of nitrogen functional groups attached to an aromatic ring is 1. The summed E-state index contributed by atoms with van der Waals surface area (Å²) in [5.41, 5.74) is 9.02. The number of hydrogen-bond acceptors (Lipinski definition) is 6. The van der Waals surface area contributed by atoms with Crippen molar-refractivity contribution >= 4 is 22.8 Å². The van der Waals surface area contributed by atoms with Gasteiger partial charge in [0.05, 0.1) is 0 Å². The molecule has 0 saturated carbocycles. The Morgan fingerprint density at radius 2 is 2.09 bits per heavy atom. The van der Waals surface area contributed by atoms with E-state index in [1.165, 1.54) is 16.8 Å². The molecule has 0 bridgehead atoms. The summed E-state index contributed by atoms with van der Waals surface area (Å²) >= 11 is 0. The van der Waals surface area contributed by atoms with Gasteiger partial charge in [-0.2, -0.15) is 5.10 Å². The van der Waals surface area contributed by atoms with E-state index in [2.05, 4.69) is 15.1 Å². The number of benzene rings is 1. The van der Waals surface area contributed by atoms with Gasteiger partial charge in [0.1, 0.15) is 29.6 Å². The lowest BCUT2D eigenvalue weighted by atomic mass is 10.1. The fourth-order valence-corrected chi connectivity index (χ4v) is 4.13. The summed E-state index contributed by atoms with van der Waals surface area (Å²) in [6.45, 7) is 1.68. The third-order valence-electron chi connectivity index (χ3n) is 5.62. The van der Waals surface area contributed by atoms with Gasteiger partial charge in [-0.3, -0.25) is 4.79 Å². The summed E-state index contributed by atoms with van der Waals surface area (Å²) in [6, 6.07) is 9.58. The summed E-state index contributed by atoms with van der Waals surface area (Å²) < 4.78 is 21.6. The Morgan fingerprint density at radius 3 is 2.91 bits per heavy atom. The van der Waals surface area contributed by atoms with E-state index in [4.69, 9.17) is 10.5 Å². The fourth-order valence-electron chi connectivity index (χ4n) is 4.13. The van der Waals surface area contributed by atoms with Crippen molar-refractivity contribution < 1.29 is 13.9 Å². The number of nitrogens with two attached hydrogens (primary N) is 1. The van der Waals surface area contributed by atoms with Crippen molar-refractivity contribution in [1.29, 1.82) is 0 Å². The molecule has 5 rings (SSSR count). The lowest BCUT2D eigenvalue weighted by Crippen LogP contribution is -2.13. The number of esters is 1. The molecule has 0 radical (unpaired) electrons. The second kappa shape index (κ2) is 7.60. The standard InChI is InChI=1S/C23H20FN5O3/c1-12-5-7-18(16(24)9-12)29-17-4-2-3-15(17)21(28-29)23(31)32-11-13-10-20(30)27-22-14(13)6-8-19(25)26-22/h5-10H,2-4,11H2,1H3,(H3,25,26,27,30). The van der Waals surface area contributed by atoms with Crippen molar-refractivity contribution in [2.45, 2.75) is 32.8 Å². The van der Waals surface area contributed by atoms with E-state index >= 15 is 0 Å². The predicted octanol–water partition coefficient (Wildman–Crippen LogP) is 2.98. The molecular weight excluding hydrogens is 413 g/mol. The van der Waals surface area contributed by atoms with E-state index in [1.807, 2.05) is 6.92 Å². The zero-order valence-electron chi connectivity index (χ0n) is 17.3. The van der Waals surface area contributed by atoms with Crippen molar-refractivity contribution in [1.82, 2.24) is 19.7 Å². The second-order valence-electron chi connectivity index (χ2n) is 7.86. The number of fused-ring (bicyclic) bond motifs is 2. The van der Waals surface area contributed by atoms with Gasteiger partial charge in [-0.15, -0.1) is 0 Å². The summed E-state index contributed by atoms with van der Waals surface area (Å²) in [5.74, 6) is -0.748. The number of ether oxygens (including phenoxy) is 1. The largest absolute Gasteiger partial charge is 0.456 e. The van der Waals surface area contributed by atoms with Crippen LogP contribution >= 0.6 is 0 Å². The maximum Gasteiger partial charge on any atom is 0.359 e. The number of pyridine rings is 2. The van der Waals surface area contributed by atoms with Gasteiger partial charge in [-0.05, 0) is 56.0 Å². The van der Waals surface area contributed by atoms with Crippen LogP contribution < -0.4 is 11.3 Å². The van der Waals surface area contributed by atoms with Crippen LogP contribution in [0.2, 0.25) is 0 Å². The van der Waals surface area contributed by atoms with Crippen LogP contribution in [-0.2, 0) is 24.2 Å². The zero-order chi connectivity index (χ0) is 22.4. The Morgan fingerprint density at radius 1 is 1.25 bits per heavy atom. The van der Waals surface area contributed by atoms with Crippen LogP contribution in [-0.4, -0.2) is 25.7 Å². The Hall–Kier alpha value is -4.01. The van der Waals surface area contributed by atoms with E-state index in [0.717, 1.165) is 23.2 Å². The van der Waals surface area contributed by atoms with Crippen LogP contribution in [0, 0.1) is 12.7 Å². The molecule has 1 aliphatic rings. The quantitative estimate of drug-likeness (QED) is 0.478. The molecule has 0 spiro atoms. The monoisotopic (exact) mass is 433 g/mol. The smallest absolute Gasteiger partial charge is 0.359 e. The number of aryl methyl sites for hydroxylation is 1. The van der Waals surface area contributed by atoms with Gasteiger partial charge in [-0.25, -0.2) is 18.9 Å². The molecule has 4 aromatic rings. The minimum Gasteiger partial charge on any atom is -0.456 e. The number of nitrogens with zero attached hydrogens (tertiary/aromatic N) is 3. The highest BCUT2D eigenvalue weighted by Crippen LogP contribution is 2.29. The van der Waals surface area contributed by atoms with Crippen molar-refractivity contribution in [2.75, 3.05) is 5.73 Å². The molecule has 3 aromatic heterocycles. The molecule has 0 atom stereocenters. The fraction of sp³-hybridized carbons (Fsp3) is 0.217. The van der Waals surface area contributed by atoms with Crippen molar-refractivity contribution in [3.8, 4) is 5.69 Å².